The summed E-state index contributed by atoms with van der Waals surface area (Å²) in [5, 5.41) is 9.03. The summed E-state index contributed by atoms with van der Waals surface area (Å²) < 4.78 is 5.02. The fraction of sp³-hybridized carbons (Fsp3) is 0.421. The standard InChI is InChI=1S/C19H17N5O4/c1-4-5-28-19(27)22-9-14-11(3)15(22)16-17(25)23(18(26)24(14)16)12-6-10(2)13(7-20)21-8-12/h1,6,8,11,14-16H,5,9H2,2-3H3/t11-,14?,15?,16?/m0/s1. The van der Waals surface area contributed by atoms with Crippen molar-refractivity contribution in [2.45, 2.75) is 32.0 Å². The van der Waals surface area contributed by atoms with Crippen LogP contribution in [-0.2, 0) is 9.53 Å². The van der Waals surface area contributed by atoms with Crippen LogP contribution in [0, 0.1) is 36.5 Å². The number of nitrogens with zero attached hydrogens (tertiary/aromatic N) is 5. The van der Waals surface area contributed by atoms with Crippen LogP contribution in [0.4, 0.5) is 15.3 Å². The Hall–Kier alpha value is -3.59. The van der Waals surface area contributed by atoms with Crippen LogP contribution >= 0.6 is 0 Å². The first-order valence-electron chi connectivity index (χ1n) is 8.80. The van der Waals surface area contributed by atoms with E-state index in [9.17, 15) is 14.4 Å². The van der Waals surface area contributed by atoms with Gasteiger partial charge in [0.05, 0.1) is 24.0 Å². The topological polar surface area (TPSA) is 107 Å². The number of imide groups is 1. The molecule has 3 fully saturated rings. The van der Waals surface area contributed by atoms with Gasteiger partial charge in [0, 0.05) is 12.5 Å². The number of carbonyl (C=O) groups is 3. The van der Waals surface area contributed by atoms with Crippen molar-refractivity contribution in [1.29, 1.82) is 5.26 Å². The number of hydrogen-bond acceptors (Lipinski definition) is 6. The molecule has 4 amide bonds. The Morgan fingerprint density at radius 2 is 2.21 bits per heavy atom. The molecule has 0 aromatic carbocycles. The van der Waals surface area contributed by atoms with Crippen LogP contribution in [0.3, 0.4) is 0 Å². The number of aryl methyl sites for hydroxylation is 1. The first-order valence-corrected chi connectivity index (χ1v) is 8.80. The highest BCUT2D eigenvalue weighted by molar-refractivity contribution is 6.22. The van der Waals surface area contributed by atoms with Crippen LogP contribution in [0.2, 0.25) is 0 Å². The third-order valence-electron chi connectivity index (χ3n) is 5.70. The highest BCUT2D eigenvalue weighted by atomic mass is 16.6. The lowest BCUT2D eigenvalue weighted by atomic mass is 9.99. The molecule has 2 bridgehead atoms. The van der Waals surface area contributed by atoms with E-state index in [-0.39, 0.29) is 24.3 Å². The Labute approximate surface area is 161 Å². The lowest BCUT2D eigenvalue weighted by Crippen LogP contribution is -2.55. The van der Waals surface area contributed by atoms with E-state index in [0.717, 1.165) is 4.90 Å². The van der Waals surface area contributed by atoms with E-state index < -0.39 is 30.1 Å². The summed E-state index contributed by atoms with van der Waals surface area (Å²) in [6, 6.07) is 1.60. The molecule has 3 saturated heterocycles. The minimum atomic E-state index is -0.768. The maximum Gasteiger partial charge on any atom is 0.411 e. The average Bonchev–Trinajstić information content (AvgIpc) is 3.25. The highest BCUT2D eigenvalue weighted by Gasteiger charge is 2.66. The Morgan fingerprint density at radius 1 is 1.46 bits per heavy atom. The molecule has 9 heteroatoms. The molecule has 4 rings (SSSR count). The van der Waals surface area contributed by atoms with Gasteiger partial charge in [-0.1, -0.05) is 12.8 Å². The molecule has 142 valence electrons. The number of piperazine rings is 1. The molecule has 0 N–H and O–H groups in total. The molecule has 28 heavy (non-hydrogen) atoms. The molecule has 1 aromatic heterocycles. The number of ether oxygens (including phenoxy) is 1. The number of nitriles is 1. The van der Waals surface area contributed by atoms with Gasteiger partial charge in [-0.3, -0.25) is 4.79 Å². The molecule has 4 atom stereocenters. The van der Waals surface area contributed by atoms with E-state index >= 15 is 0 Å². The number of terminal acetylenes is 1. The minimum absolute atomic E-state index is 0.0562. The van der Waals surface area contributed by atoms with Gasteiger partial charge in [0.1, 0.15) is 17.8 Å². The maximum absolute atomic E-state index is 13.1. The lowest BCUT2D eigenvalue weighted by Gasteiger charge is -2.33. The second-order valence-electron chi connectivity index (χ2n) is 7.11. The maximum atomic E-state index is 13.1. The SMILES string of the molecule is C#CCOC(=O)N1CC2[C@H](C)C1C1C(=O)N(c3cnc(C#N)c(C)c3)C(=O)N12. The van der Waals surface area contributed by atoms with Gasteiger partial charge in [0.15, 0.2) is 6.61 Å². The van der Waals surface area contributed by atoms with Crippen molar-refractivity contribution >= 4 is 23.7 Å². The molecule has 3 aliphatic rings. The Bertz CT molecular complexity index is 978. The minimum Gasteiger partial charge on any atom is -0.436 e. The number of urea groups is 1. The van der Waals surface area contributed by atoms with Gasteiger partial charge in [-0.25, -0.2) is 19.5 Å². The summed E-state index contributed by atoms with van der Waals surface area (Å²) in [7, 11) is 0. The van der Waals surface area contributed by atoms with Crippen molar-refractivity contribution < 1.29 is 19.1 Å². The highest BCUT2D eigenvalue weighted by Crippen LogP contribution is 2.45. The predicted octanol–water partition coefficient (Wildman–Crippen LogP) is 0.871. The van der Waals surface area contributed by atoms with Gasteiger partial charge in [-0.15, -0.1) is 6.42 Å². The molecule has 0 aliphatic carbocycles. The number of amides is 4. The third kappa shape index (κ3) is 2.26. The summed E-state index contributed by atoms with van der Waals surface area (Å²) in [6.07, 6.45) is 5.90. The molecule has 4 heterocycles. The third-order valence-corrected chi connectivity index (χ3v) is 5.70. The van der Waals surface area contributed by atoms with Gasteiger partial charge >= 0.3 is 12.1 Å². The van der Waals surface area contributed by atoms with Crippen LogP contribution in [-0.4, -0.2) is 64.1 Å². The first-order chi connectivity index (χ1) is 13.4. The van der Waals surface area contributed by atoms with Crippen LogP contribution < -0.4 is 4.90 Å². The van der Waals surface area contributed by atoms with Crippen molar-refractivity contribution in [2.75, 3.05) is 18.1 Å². The molecule has 3 aliphatic heterocycles. The van der Waals surface area contributed by atoms with Crippen molar-refractivity contribution in [3.05, 3.63) is 23.5 Å². The predicted molar refractivity (Wildman–Crippen MR) is 95.8 cm³/mol. The molecule has 0 radical (unpaired) electrons. The molecule has 1 aromatic rings. The summed E-state index contributed by atoms with van der Waals surface area (Å²) in [4.78, 5) is 46.6. The molecular formula is C19H17N5O4. The van der Waals surface area contributed by atoms with E-state index in [4.69, 9.17) is 16.4 Å². The molecule has 9 nitrogen and oxygen atoms in total. The second-order valence-corrected chi connectivity index (χ2v) is 7.11. The number of hydrogen-bond donors (Lipinski definition) is 0. The van der Waals surface area contributed by atoms with Crippen LogP contribution in [0.5, 0.6) is 0 Å². The zero-order chi connectivity index (χ0) is 20.2. The lowest BCUT2D eigenvalue weighted by molar-refractivity contribution is -0.121. The van der Waals surface area contributed by atoms with Crippen LogP contribution in [0.15, 0.2) is 12.3 Å². The Kier molecular flexibility index (Phi) is 3.97. The normalized spacial score (nSPS) is 27.6. The molecule has 0 spiro atoms. The van der Waals surface area contributed by atoms with Gasteiger partial charge < -0.3 is 14.5 Å². The van der Waals surface area contributed by atoms with E-state index in [0.29, 0.717) is 17.8 Å². The van der Waals surface area contributed by atoms with E-state index in [1.165, 1.54) is 11.1 Å². The number of aromatic nitrogens is 1. The van der Waals surface area contributed by atoms with E-state index in [1.807, 2.05) is 13.0 Å². The van der Waals surface area contributed by atoms with Gasteiger partial charge in [-0.05, 0) is 18.6 Å². The Balaban J connectivity index is 1.65. The number of pyridine rings is 1. The molecule has 3 unspecified atom stereocenters. The fourth-order valence-corrected chi connectivity index (χ4v) is 4.46. The number of anilines is 1. The monoisotopic (exact) mass is 379 g/mol. The molecular weight excluding hydrogens is 362 g/mol. The fourth-order valence-electron chi connectivity index (χ4n) is 4.46. The van der Waals surface area contributed by atoms with Crippen LogP contribution in [0.25, 0.3) is 0 Å². The second kappa shape index (κ2) is 6.24. The first kappa shape index (κ1) is 17.8. The van der Waals surface area contributed by atoms with Crippen molar-refractivity contribution in [2.24, 2.45) is 5.92 Å². The largest absolute Gasteiger partial charge is 0.436 e. The summed E-state index contributed by atoms with van der Waals surface area (Å²) in [5.41, 5.74) is 1.12. The number of carbonyl (C=O) groups excluding carboxylic acids is 3. The zero-order valence-corrected chi connectivity index (χ0v) is 15.3. The summed E-state index contributed by atoms with van der Waals surface area (Å²) in [6.45, 7) is 3.75. The van der Waals surface area contributed by atoms with Crippen LogP contribution in [0.1, 0.15) is 18.2 Å². The average molecular weight is 379 g/mol. The van der Waals surface area contributed by atoms with Gasteiger partial charge in [0.25, 0.3) is 5.91 Å². The van der Waals surface area contributed by atoms with Gasteiger partial charge in [-0.2, -0.15) is 5.26 Å². The summed E-state index contributed by atoms with van der Waals surface area (Å²) >= 11 is 0. The van der Waals surface area contributed by atoms with E-state index in [1.54, 1.807) is 17.9 Å². The molecule has 0 saturated carbocycles. The number of rotatable bonds is 2. The zero-order valence-electron chi connectivity index (χ0n) is 15.3. The van der Waals surface area contributed by atoms with Crippen molar-refractivity contribution in [3.8, 4) is 18.4 Å². The van der Waals surface area contributed by atoms with Crippen molar-refractivity contribution in [3.63, 3.8) is 0 Å². The van der Waals surface area contributed by atoms with Gasteiger partial charge in [0.2, 0.25) is 0 Å². The van der Waals surface area contributed by atoms with E-state index in [2.05, 4.69) is 10.9 Å². The smallest absolute Gasteiger partial charge is 0.411 e. The summed E-state index contributed by atoms with van der Waals surface area (Å²) in [5.74, 6) is 1.77. The quantitative estimate of drug-likeness (QED) is 0.557. The Morgan fingerprint density at radius 3 is 2.86 bits per heavy atom. The number of fused-ring (bicyclic) bond motifs is 5. The number of likely N-dealkylation sites (tertiary alicyclic amines) is 1. The van der Waals surface area contributed by atoms with Crippen molar-refractivity contribution in [1.82, 2.24) is 14.8 Å².